The highest BCUT2D eigenvalue weighted by Gasteiger charge is 2.48. The molecule has 1 aromatic carbocycles. The van der Waals surface area contributed by atoms with Gasteiger partial charge in [-0.25, -0.2) is 4.79 Å². The van der Waals surface area contributed by atoms with Crippen molar-refractivity contribution in [2.75, 3.05) is 29.9 Å². The van der Waals surface area contributed by atoms with Crippen LogP contribution in [0.1, 0.15) is 49.4 Å². The number of nitrogens with zero attached hydrogens (tertiary/aromatic N) is 2. The van der Waals surface area contributed by atoms with Crippen LogP contribution < -0.4 is 15.5 Å². The Balaban J connectivity index is 1.37. The minimum absolute atomic E-state index is 0.0379. The second-order valence-electron chi connectivity index (χ2n) is 9.13. The van der Waals surface area contributed by atoms with Crippen LogP contribution in [0.4, 0.5) is 16.2 Å². The predicted molar refractivity (Wildman–Crippen MR) is 110 cm³/mol. The number of anilines is 2. The number of nitrogens with one attached hydrogen (secondary N) is 2. The summed E-state index contributed by atoms with van der Waals surface area (Å²) < 4.78 is 0. The van der Waals surface area contributed by atoms with E-state index in [4.69, 9.17) is 0 Å². The van der Waals surface area contributed by atoms with Gasteiger partial charge in [0.1, 0.15) is 0 Å². The average Bonchev–Trinajstić information content (AvgIpc) is 3.61. The number of hydrogen-bond acceptors (Lipinski definition) is 3. The molecule has 0 aromatic heterocycles. The number of benzene rings is 1. The fourth-order valence-electron chi connectivity index (χ4n) is 4.68. The number of carbonyl (C=O) groups is 3. The van der Waals surface area contributed by atoms with Gasteiger partial charge in [-0.3, -0.25) is 14.5 Å². The summed E-state index contributed by atoms with van der Waals surface area (Å²) in [7, 11) is 0. The highest BCUT2D eigenvalue weighted by molar-refractivity contribution is 6.06. The van der Waals surface area contributed by atoms with E-state index in [9.17, 15) is 14.4 Å². The molecular weight excluding hydrogens is 368 g/mol. The Labute approximate surface area is 170 Å². The first kappa shape index (κ1) is 18.5. The molecule has 2 aliphatic heterocycles. The summed E-state index contributed by atoms with van der Waals surface area (Å²) >= 11 is 0. The van der Waals surface area contributed by atoms with Gasteiger partial charge in [-0.1, -0.05) is 12.8 Å². The number of urea groups is 1. The molecule has 7 heteroatoms. The van der Waals surface area contributed by atoms with Crippen molar-refractivity contribution >= 4 is 29.2 Å². The number of fused-ring (bicyclic) bond motifs is 2. The molecule has 0 radical (unpaired) electrons. The number of hydrogen-bond donors (Lipinski definition) is 2. The Bertz CT molecular complexity index is 856. The van der Waals surface area contributed by atoms with E-state index in [-0.39, 0.29) is 30.3 Å². The molecule has 2 aliphatic carbocycles. The molecule has 3 atom stereocenters. The van der Waals surface area contributed by atoms with Gasteiger partial charge in [0.2, 0.25) is 5.91 Å². The highest BCUT2D eigenvalue weighted by Crippen LogP contribution is 2.45. The quantitative estimate of drug-likeness (QED) is 0.821. The summed E-state index contributed by atoms with van der Waals surface area (Å²) in [5.41, 5.74) is 1.71. The Morgan fingerprint density at radius 3 is 2.69 bits per heavy atom. The largest absolute Gasteiger partial charge is 0.352 e. The van der Waals surface area contributed by atoms with Gasteiger partial charge in [0.25, 0.3) is 5.91 Å². The minimum Gasteiger partial charge on any atom is -0.352 e. The Hall–Kier alpha value is -2.57. The summed E-state index contributed by atoms with van der Waals surface area (Å²) in [6.07, 6.45) is 5.02. The highest BCUT2D eigenvalue weighted by atomic mass is 16.2. The van der Waals surface area contributed by atoms with Crippen molar-refractivity contribution in [3.63, 3.8) is 0 Å². The molecule has 2 heterocycles. The molecule has 2 N–H and O–H groups in total. The van der Waals surface area contributed by atoms with E-state index in [1.54, 1.807) is 23.1 Å². The van der Waals surface area contributed by atoms with E-state index in [1.807, 2.05) is 11.8 Å². The van der Waals surface area contributed by atoms with Crippen molar-refractivity contribution in [3.05, 3.63) is 23.8 Å². The molecule has 0 spiro atoms. The van der Waals surface area contributed by atoms with Crippen LogP contribution in [0, 0.1) is 17.8 Å². The molecule has 2 unspecified atom stereocenters. The molecule has 2 saturated carbocycles. The Morgan fingerprint density at radius 2 is 1.97 bits per heavy atom. The Morgan fingerprint density at radius 1 is 1.21 bits per heavy atom. The van der Waals surface area contributed by atoms with Gasteiger partial charge in [0.15, 0.2) is 0 Å². The normalized spacial score (nSPS) is 27.6. The summed E-state index contributed by atoms with van der Waals surface area (Å²) in [5, 5.41) is 5.85. The zero-order valence-corrected chi connectivity index (χ0v) is 16.8. The van der Waals surface area contributed by atoms with Crippen molar-refractivity contribution in [2.45, 2.75) is 45.1 Å². The van der Waals surface area contributed by atoms with Crippen LogP contribution in [0.25, 0.3) is 0 Å². The summed E-state index contributed by atoms with van der Waals surface area (Å²) in [6.45, 7) is 4.20. The van der Waals surface area contributed by atoms with Gasteiger partial charge >= 0.3 is 6.03 Å². The second-order valence-corrected chi connectivity index (χ2v) is 9.13. The molecule has 1 saturated heterocycles. The van der Waals surface area contributed by atoms with Crippen LogP contribution in [-0.2, 0) is 4.79 Å². The molecule has 3 fully saturated rings. The van der Waals surface area contributed by atoms with Crippen molar-refractivity contribution in [3.8, 4) is 0 Å². The third-order valence-corrected chi connectivity index (χ3v) is 6.70. The van der Waals surface area contributed by atoms with E-state index in [0.717, 1.165) is 25.4 Å². The van der Waals surface area contributed by atoms with Gasteiger partial charge in [-0.2, -0.15) is 0 Å². The maximum absolute atomic E-state index is 13.3. The van der Waals surface area contributed by atoms with Crippen LogP contribution in [0.2, 0.25) is 0 Å². The second kappa shape index (κ2) is 7.04. The van der Waals surface area contributed by atoms with E-state index < -0.39 is 0 Å². The molecule has 7 nitrogen and oxygen atoms in total. The molecule has 4 aliphatic rings. The third kappa shape index (κ3) is 3.70. The zero-order chi connectivity index (χ0) is 20.1. The van der Waals surface area contributed by atoms with Gasteiger partial charge in [-0.15, -0.1) is 0 Å². The van der Waals surface area contributed by atoms with Crippen LogP contribution in [0.15, 0.2) is 18.2 Å². The molecule has 154 valence electrons. The molecule has 1 aromatic rings. The smallest absolute Gasteiger partial charge is 0.324 e. The van der Waals surface area contributed by atoms with E-state index in [1.165, 1.54) is 19.3 Å². The SMILES string of the molecule is C[C@H]1CC(=O)Nc2cc(C(=O)NCCC3CC3)ccc2N1C(=O)N1CC2CC2C1. The monoisotopic (exact) mass is 396 g/mol. The standard InChI is InChI=1S/C22H28N4O3/c1-13-8-20(27)24-18-10-15(21(28)23-7-6-14-2-3-14)4-5-19(18)26(13)22(29)25-11-16-9-17(16)12-25/h4-5,10,13-14,16-17H,2-3,6-9,11-12H2,1H3,(H,23,28)(H,24,27)/t13-,16?,17?/m0/s1. The van der Waals surface area contributed by atoms with Crippen molar-refractivity contribution in [1.29, 1.82) is 0 Å². The van der Waals surface area contributed by atoms with Gasteiger partial charge < -0.3 is 15.5 Å². The lowest BCUT2D eigenvalue weighted by molar-refractivity contribution is -0.116. The van der Waals surface area contributed by atoms with Crippen molar-refractivity contribution in [1.82, 2.24) is 10.2 Å². The first-order chi connectivity index (χ1) is 14.0. The lowest BCUT2D eigenvalue weighted by Crippen LogP contribution is -2.47. The number of likely N-dealkylation sites (tertiary alicyclic amines) is 1. The summed E-state index contributed by atoms with van der Waals surface area (Å²) in [6, 6.07) is 4.96. The zero-order valence-electron chi connectivity index (χ0n) is 16.8. The Kier molecular flexibility index (Phi) is 4.48. The van der Waals surface area contributed by atoms with Gasteiger partial charge in [-0.05, 0) is 55.7 Å². The molecule has 0 bridgehead atoms. The fourth-order valence-corrected chi connectivity index (χ4v) is 4.68. The van der Waals surface area contributed by atoms with Gasteiger partial charge in [0, 0.05) is 37.7 Å². The maximum Gasteiger partial charge on any atom is 0.324 e. The van der Waals surface area contributed by atoms with E-state index in [2.05, 4.69) is 10.6 Å². The van der Waals surface area contributed by atoms with Crippen LogP contribution in [-0.4, -0.2) is 48.4 Å². The first-order valence-corrected chi connectivity index (χ1v) is 10.8. The number of carbonyl (C=O) groups excluding carboxylic acids is 3. The third-order valence-electron chi connectivity index (χ3n) is 6.70. The minimum atomic E-state index is -0.237. The summed E-state index contributed by atoms with van der Waals surface area (Å²) in [4.78, 5) is 41.8. The number of rotatable bonds is 4. The lowest BCUT2D eigenvalue weighted by Gasteiger charge is -2.32. The lowest BCUT2D eigenvalue weighted by atomic mass is 10.1. The molecule has 29 heavy (non-hydrogen) atoms. The van der Waals surface area contributed by atoms with Crippen molar-refractivity contribution in [2.24, 2.45) is 17.8 Å². The van der Waals surface area contributed by atoms with Crippen LogP contribution >= 0.6 is 0 Å². The van der Waals surface area contributed by atoms with Gasteiger partial charge in [0.05, 0.1) is 11.4 Å². The summed E-state index contributed by atoms with van der Waals surface area (Å²) in [5.74, 6) is 1.80. The van der Waals surface area contributed by atoms with E-state index in [0.29, 0.717) is 35.3 Å². The molecule has 5 rings (SSSR count). The number of piperidine rings is 1. The molecular formula is C22H28N4O3. The van der Waals surface area contributed by atoms with E-state index >= 15 is 0 Å². The average molecular weight is 396 g/mol. The number of amides is 4. The first-order valence-electron chi connectivity index (χ1n) is 10.8. The van der Waals surface area contributed by atoms with Crippen molar-refractivity contribution < 1.29 is 14.4 Å². The predicted octanol–water partition coefficient (Wildman–Crippen LogP) is 2.83. The van der Waals surface area contributed by atoms with Crippen LogP contribution in [0.3, 0.4) is 0 Å². The van der Waals surface area contributed by atoms with Crippen LogP contribution in [0.5, 0.6) is 0 Å². The maximum atomic E-state index is 13.3. The fraction of sp³-hybridized carbons (Fsp3) is 0.591. The molecule has 4 amide bonds. The topological polar surface area (TPSA) is 81.8 Å².